The number of hydrogen-bond donors (Lipinski definition) is 4. The van der Waals surface area contributed by atoms with Gasteiger partial charge in [-0.05, 0) is 43.6 Å². The lowest BCUT2D eigenvalue weighted by Crippen LogP contribution is -2.53. The third kappa shape index (κ3) is 3.14. The maximum Gasteiger partial charge on any atom is 0.183 e. The zero-order valence-electron chi connectivity index (χ0n) is 15.5. The zero-order valence-corrected chi connectivity index (χ0v) is 15.5. The number of pyridine rings is 1. The van der Waals surface area contributed by atoms with Crippen LogP contribution in [0.25, 0.3) is 22.4 Å². The van der Waals surface area contributed by atoms with Crippen molar-refractivity contribution in [3.63, 3.8) is 0 Å². The van der Waals surface area contributed by atoms with E-state index in [1.807, 2.05) is 0 Å². The lowest BCUT2D eigenvalue weighted by Gasteiger charge is -2.49. The van der Waals surface area contributed by atoms with Gasteiger partial charge in [0.1, 0.15) is 11.5 Å². The van der Waals surface area contributed by atoms with Crippen molar-refractivity contribution in [2.75, 3.05) is 5.32 Å². The number of anilines is 1. The number of halogens is 2. The van der Waals surface area contributed by atoms with Gasteiger partial charge in [-0.3, -0.25) is 0 Å². The number of H-pyrrole nitrogens is 1. The minimum atomic E-state index is -1.47. The Bertz CT molecular complexity index is 1050. The highest BCUT2D eigenvalue weighted by atomic mass is 19.1. The van der Waals surface area contributed by atoms with E-state index in [1.54, 1.807) is 6.20 Å². The van der Waals surface area contributed by atoms with E-state index < -0.39 is 17.9 Å². The van der Waals surface area contributed by atoms with Crippen LogP contribution in [0, 0.1) is 29.4 Å². The summed E-state index contributed by atoms with van der Waals surface area (Å²) in [4.78, 5) is 15.3. The molecule has 3 aliphatic rings. The molecule has 2 atom stereocenters. The van der Waals surface area contributed by atoms with E-state index in [2.05, 4.69) is 25.3 Å². The zero-order chi connectivity index (χ0) is 20.1. The Morgan fingerprint density at radius 1 is 1.07 bits per heavy atom. The Morgan fingerprint density at radius 3 is 2.59 bits per heavy atom. The van der Waals surface area contributed by atoms with Gasteiger partial charge in [-0.2, -0.15) is 0 Å². The van der Waals surface area contributed by atoms with Gasteiger partial charge in [-0.15, -0.1) is 0 Å². The Labute approximate surface area is 165 Å². The minimum absolute atomic E-state index is 0.0110. The first kappa shape index (κ1) is 18.4. The number of nitrogens with zero attached hydrogens (tertiary/aromatic N) is 3. The Kier molecular flexibility index (Phi) is 4.44. The number of fused-ring (bicyclic) bond motifs is 4. The predicted molar refractivity (Wildman–Crippen MR) is 102 cm³/mol. The lowest BCUT2D eigenvalue weighted by molar-refractivity contribution is -0.133. The van der Waals surface area contributed by atoms with E-state index in [1.165, 1.54) is 6.07 Å². The fourth-order valence-electron chi connectivity index (χ4n) is 5.06. The van der Waals surface area contributed by atoms with Gasteiger partial charge in [0.15, 0.2) is 23.7 Å². The molecular formula is C20H21F2N5O2. The lowest BCUT2D eigenvalue weighted by atomic mass is 9.61. The van der Waals surface area contributed by atoms with Crippen LogP contribution in [0.5, 0.6) is 0 Å². The second-order valence-electron chi connectivity index (χ2n) is 7.98. The first-order valence-corrected chi connectivity index (χ1v) is 9.79. The molecule has 3 aromatic rings. The minimum Gasteiger partial charge on any atom is -0.368 e. The molecule has 0 aliphatic heterocycles. The number of hydrogen-bond acceptors (Lipinski definition) is 6. The van der Waals surface area contributed by atoms with E-state index in [-0.39, 0.29) is 35.4 Å². The van der Waals surface area contributed by atoms with E-state index >= 15 is 0 Å². The number of aliphatic hydroxyl groups excluding tert-OH is 1. The third-order valence-corrected chi connectivity index (χ3v) is 6.41. The summed E-state index contributed by atoms with van der Waals surface area (Å²) >= 11 is 0. The summed E-state index contributed by atoms with van der Waals surface area (Å²) in [6.45, 7) is 0. The third-order valence-electron chi connectivity index (χ3n) is 6.41. The second kappa shape index (κ2) is 7.00. The maximum absolute atomic E-state index is 14.5. The van der Waals surface area contributed by atoms with Gasteiger partial charge >= 0.3 is 0 Å². The average molecular weight is 401 g/mol. The van der Waals surface area contributed by atoms with Gasteiger partial charge in [0.2, 0.25) is 0 Å². The summed E-state index contributed by atoms with van der Waals surface area (Å²) in [7, 11) is 0. The van der Waals surface area contributed by atoms with Gasteiger partial charge < -0.3 is 20.5 Å². The van der Waals surface area contributed by atoms with E-state index in [0.29, 0.717) is 16.6 Å². The Hall–Kier alpha value is -2.65. The highest BCUT2D eigenvalue weighted by Crippen LogP contribution is 2.47. The summed E-state index contributed by atoms with van der Waals surface area (Å²) in [5.41, 5.74) is 0.996. The van der Waals surface area contributed by atoms with E-state index in [9.17, 15) is 19.0 Å². The Morgan fingerprint density at radius 2 is 1.83 bits per heavy atom. The maximum atomic E-state index is 14.5. The first-order valence-electron chi connectivity index (χ1n) is 9.79. The number of rotatable bonds is 4. The smallest absolute Gasteiger partial charge is 0.183 e. The molecule has 0 saturated heterocycles. The quantitative estimate of drug-likeness (QED) is 0.501. The average Bonchev–Trinajstić information content (AvgIpc) is 3.13. The first-order chi connectivity index (χ1) is 14.0. The summed E-state index contributed by atoms with van der Waals surface area (Å²) in [6, 6.07) is 1.05. The number of aromatic nitrogens is 4. The molecule has 1 unspecified atom stereocenters. The van der Waals surface area contributed by atoms with Crippen LogP contribution in [0.2, 0.25) is 0 Å². The fourth-order valence-corrected chi connectivity index (χ4v) is 5.06. The molecule has 3 aliphatic carbocycles. The van der Waals surface area contributed by atoms with Crippen molar-refractivity contribution in [1.29, 1.82) is 0 Å². The summed E-state index contributed by atoms with van der Waals surface area (Å²) in [5, 5.41) is 23.4. The van der Waals surface area contributed by atoms with Crippen LogP contribution in [0.1, 0.15) is 25.7 Å². The largest absolute Gasteiger partial charge is 0.368 e. The molecule has 2 bridgehead atoms. The topological polar surface area (TPSA) is 107 Å². The fraction of sp³-hybridized carbons (Fsp3) is 0.450. The molecule has 3 fully saturated rings. The van der Waals surface area contributed by atoms with Crippen molar-refractivity contribution < 1.29 is 19.0 Å². The molecule has 3 saturated carbocycles. The molecule has 3 aromatic heterocycles. The molecule has 6 rings (SSSR count). The van der Waals surface area contributed by atoms with Crippen LogP contribution in [-0.4, -0.2) is 42.5 Å². The van der Waals surface area contributed by atoms with Crippen LogP contribution in [0.15, 0.2) is 24.7 Å². The van der Waals surface area contributed by atoms with Crippen molar-refractivity contribution in [3.05, 3.63) is 36.3 Å². The molecule has 0 spiro atoms. The van der Waals surface area contributed by atoms with E-state index in [0.717, 1.165) is 38.1 Å². The normalized spacial score (nSPS) is 26.4. The number of aliphatic hydroxyl groups is 2. The van der Waals surface area contributed by atoms with Crippen LogP contribution < -0.4 is 5.32 Å². The van der Waals surface area contributed by atoms with Gasteiger partial charge in [-0.25, -0.2) is 23.7 Å². The van der Waals surface area contributed by atoms with Crippen LogP contribution >= 0.6 is 0 Å². The van der Waals surface area contributed by atoms with Crippen molar-refractivity contribution in [2.24, 2.45) is 17.8 Å². The summed E-state index contributed by atoms with van der Waals surface area (Å²) in [6.07, 6.45) is 6.18. The van der Waals surface area contributed by atoms with Gasteiger partial charge in [0, 0.05) is 29.1 Å². The standard InChI is InChI=1S/C20H21F2N5O2/c21-11-5-12-13(7-24-17(12)23-6-11)18-25-8-14(22)19(27-18)26-16-10-3-1-9(2-4-10)15(16)20(28)29/h5-10,15-16,20,28-29H,1-4H2,(H,23,24)(H,25,26,27)/t9?,10?,15?,16-/m0/s1. The Balaban J connectivity index is 1.50. The highest BCUT2D eigenvalue weighted by Gasteiger charge is 2.46. The number of aromatic amines is 1. The highest BCUT2D eigenvalue weighted by molar-refractivity contribution is 5.91. The van der Waals surface area contributed by atoms with Gasteiger partial charge in [-0.1, -0.05) is 0 Å². The van der Waals surface area contributed by atoms with Gasteiger partial charge in [0.25, 0.3) is 0 Å². The van der Waals surface area contributed by atoms with E-state index in [4.69, 9.17) is 0 Å². The number of nitrogens with one attached hydrogen (secondary N) is 2. The molecule has 0 amide bonds. The summed E-state index contributed by atoms with van der Waals surface area (Å²) < 4.78 is 28.2. The van der Waals surface area contributed by atoms with Crippen molar-refractivity contribution in [1.82, 2.24) is 19.9 Å². The molecule has 7 nitrogen and oxygen atoms in total. The van der Waals surface area contributed by atoms with Crippen LogP contribution in [0.3, 0.4) is 0 Å². The van der Waals surface area contributed by atoms with Crippen LogP contribution in [0.4, 0.5) is 14.6 Å². The molecular weight excluding hydrogens is 380 g/mol. The monoisotopic (exact) mass is 401 g/mol. The second-order valence-corrected chi connectivity index (χ2v) is 7.98. The van der Waals surface area contributed by atoms with Crippen molar-refractivity contribution in [3.8, 4) is 11.4 Å². The predicted octanol–water partition coefficient (Wildman–Crippen LogP) is 2.83. The molecule has 0 radical (unpaired) electrons. The summed E-state index contributed by atoms with van der Waals surface area (Å²) in [5.74, 6) is -0.805. The SMILES string of the molecule is OC(O)C1C2CCC(CC2)[C@@H]1Nc1nc(-c2c[nH]c3ncc(F)cc23)ncc1F. The van der Waals surface area contributed by atoms with Crippen molar-refractivity contribution in [2.45, 2.75) is 38.0 Å². The van der Waals surface area contributed by atoms with Crippen molar-refractivity contribution >= 4 is 16.9 Å². The molecule has 0 aromatic carbocycles. The van der Waals surface area contributed by atoms with Gasteiger partial charge in [0.05, 0.1) is 12.4 Å². The molecule has 29 heavy (non-hydrogen) atoms. The molecule has 9 heteroatoms. The molecule has 4 N–H and O–H groups in total. The molecule has 3 heterocycles. The van der Waals surface area contributed by atoms with Crippen LogP contribution in [-0.2, 0) is 0 Å². The molecule has 152 valence electrons.